The number of Topliss-reactive ketones (excluding diaryl/α,β-unsaturated/α-hetero) is 1. The summed E-state index contributed by atoms with van der Waals surface area (Å²) in [7, 11) is 0. The highest BCUT2D eigenvalue weighted by Crippen LogP contribution is 2.38. The Morgan fingerprint density at radius 2 is 1.19 bits per heavy atom. The first-order chi connectivity index (χ1) is 22.9. The molecule has 7 nitrogen and oxygen atoms in total. The second-order valence-corrected chi connectivity index (χ2v) is 12.8. The summed E-state index contributed by atoms with van der Waals surface area (Å²) in [4.78, 5) is 25.9. The van der Waals surface area contributed by atoms with Crippen LogP contribution >= 0.6 is 11.8 Å². The first-order valence-corrected chi connectivity index (χ1v) is 16.8. The number of esters is 1. The van der Waals surface area contributed by atoms with E-state index in [1.54, 1.807) is 0 Å². The van der Waals surface area contributed by atoms with Crippen LogP contribution in [0.15, 0.2) is 120 Å². The van der Waals surface area contributed by atoms with Gasteiger partial charge in [-0.15, -0.1) is 0 Å². The minimum absolute atomic E-state index is 0.0295. The van der Waals surface area contributed by atoms with E-state index in [0.717, 1.165) is 27.1 Å². The molecule has 1 aliphatic rings. The number of thioether (sulfide) groups is 1. The van der Waals surface area contributed by atoms with Gasteiger partial charge in [0, 0.05) is 11.3 Å². The maximum atomic E-state index is 13.2. The van der Waals surface area contributed by atoms with Gasteiger partial charge in [-0.3, -0.25) is 4.79 Å². The molecule has 4 aromatic rings. The summed E-state index contributed by atoms with van der Waals surface area (Å²) in [6.07, 6.45) is -2.66. The molecule has 1 heterocycles. The second-order valence-electron chi connectivity index (χ2n) is 11.7. The van der Waals surface area contributed by atoms with Crippen molar-refractivity contribution in [2.24, 2.45) is 0 Å². The van der Waals surface area contributed by atoms with Crippen LogP contribution in [0.5, 0.6) is 0 Å². The SMILES string of the molecule is CC(=O)CCC(=O)O[C@@H]1C(Sc2ccc(C)cc2)O[C@@H](COCc2ccccc2)[C@@H](OCc2ccccc2)[C@@H]1OCc1ccccc1. The van der Waals surface area contributed by atoms with Gasteiger partial charge < -0.3 is 28.5 Å². The van der Waals surface area contributed by atoms with E-state index in [1.165, 1.54) is 18.7 Å². The zero-order chi connectivity index (χ0) is 32.8. The van der Waals surface area contributed by atoms with Crippen LogP contribution in [0.1, 0.15) is 42.0 Å². The van der Waals surface area contributed by atoms with Crippen LogP contribution < -0.4 is 0 Å². The summed E-state index contributed by atoms with van der Waals surface area (Å²) in [6, 6.07) is 37.8. The third-order valence-corrected chi connectivity index (χ3v) is 8.93. The smallest absolute Gasteiger partial charge is 0.306 e. The Morgan fingerprint density at radius 3 is 1.74 bits per heavy atom. The highest BCUT2D eigenvalue weighted by atomic mass is 32.2. The van der Waals surface area contributed by atoms with Gasteiger partial charge in [0.25, 0.3) is 0 Å². The summed E-state index contributed by atoms with van der Waals surface area (Å²) in [5.41, 5.74) is 3.51. The third kappa shape index (κ3) is 10.9. The monoisotopic (exact) mass is 654 g/mol. The van der Waals surface area contributed by atoms with Crippen molar-refractivity contribution in [3.8, 4) is 0 Å². The van der Waals surface area contributed by atoms with Crippen molar-refractivity contribution < 1.29 is 33.3 Å². The Kier molecular flexibility index (Phi) is 13.2. The van der Waals surface area contributed by atoms with Crippen molar-refractivity contribution in [2.45, 2.75) is 81.3 Å². The molecule has 8 heteroatoms. The van der Waals surface area contributed by atoms with Crippen molar-refractivity contribution in [1.29, 1.82) is 0 Å². The Labute approximate surface area is 281 Å². The van der Waals surface area contributed by atoms with Gasteiger partial charge in [0.15, 0.2) is 6.10 Å². The van der Waals surface area contributed by atoms with Crippen LogP contribution in [0.3, 0.4) is 0 Å². The van der Waals surface area contributed by atoms with Crippen molar-refractivity contribution in [1.82, 2.24) is 0 Å². The molecule has 246 valence electrons. The summed E-state index contributed by atoms with van der Waals surface area (Å²) in [5, 5.41) is 0. The quantitative estimate of drug-likeness (QED) is 0.115. The molecule has 47 heavy (non-hydrogen) atoms. The Morgan fingerprint density at radius 1 is 0.660 bits per heavy atom. The molecule has 0 bridgehead atoms. The number of ketones is 1. The average Bonchev–Trinajstić information content (AvgIpc) is 3.09. The van der Waals surface area contributed by atoms with Gasteiger partial charge in [-0.1, -0.05) is 120 Å². The van der Waals surface area contributed by atoms with Gasteiger partial charge >= 0.3 is 5.97 Å². The molecule has 4 aromatic carbocycles. The molecular formula is C39H42O7S. The molecule has 0 saturated carbocycles. The average molecular weight is 655 g/mol. The number of aryl methyl sites for hydroxylation is 1. The molecular weight excluding hydrogens is 612 g/mol. The molecule has 1 unspecified atom stereocenters. The van der Waals surface area contributed by atoms with Crippen LogP contribution in [0.4, 0.5) is 0 Å². The van der Waals surface area contributed by atoms with Gasteiger partial charge in [0.1, 0.15) is 29.5 Å². The zero-order valence-corrected chi connectivity index (χ0v) is 27.7. The lowest BCUT2D eigenvalue weighted by Crippen LogP contribution is -2.60. The van der Waals surface area contributed by atoms with Crippen molar-refractivity contribution in [3.05, 3.63) is 138 Å². The van der Waals surface area contributed by atoms with Crippen molar-refractivity contribution in [3.63, 3.8) is 0 Å². The molecule has 0 aliphatic carbocycles. The minimum Gasteiger partial charge on any atom is -0.456 e. The van der Waals surface area contributed by atoms with E-state index in [9.17, 15) is 9.59 Å². The fourth-order valence-electron chi connectivity index (χ4n) is 5.26. The highest BCUT2D eigenvalue weighted by molar-refractivity contribution is 7.99. The van der Waals surface area contributed by atoms with Gasteiger partial charge in [-0.25, -0.2) is 0 Å². The third-order valence-electron chi connectivity index (χ3n) is 7.78. The second kappa shape index (κ2) is 17.9. The fourth-order valence-corrected chi connectivity index (χ4v) is 6.37. The van der Waals surface area contributed by atoms with Crippen LogP contribution in [0.2, 0.25) is 0 Å². The van der Waals surface area contributed by atoms with E-state index in [0.29, 0.717) is 13.2 Å². The normalized spacial score (nSPS) is 20.9. The molecule has 0 N–H and O–H groups in total. The van der Waals surface area contributed by atoms with Crippen LogP contribution in [0, 0.1) is 6.92 Å². The molecule has 0 radical (unpaired) electrons. The summed E-state index contributed by atoms with van der Waals surface area (Å²) < 4.78 is 32.5. The van der Waals surface area contributed by atoms with Crippen LogP contribution in [0.25, 0.3) is 0 Å². The number of hydrogen-bond acceptors (Lipinski definition) is 8. The van der Waals surface area contributed by atoms with Crippen LogP contribution in [-0.2, 0) is 53.1 Å². The number of hydrogen-bond donors (Lipinski definition) is 0. The number of carbonyl (C=O) groups is 2. The standard InChI is InChI=1S/C39H42O7S/c1-28-18-21-33(22-19-28)47-39-38(46-35(41)23-20-29(2)40)37(44-26-32-16-10-5-11-17-32)36(43-25-31-14-8-4-9-15-31)34(45-39)27-42-24-30-12-6-3-7-13-30/h3-19,21-22,34,36-39H,20,23-27H2,1-2H3/t34-,36+,37-,38-,39?/m0/s1. The predicted octanol–water partition coefficient (Wildman–Crippen LogP) is 7.48. The van der Waals surface area contributed by atoms with E-state index < -0.39 is 35.8 Å². The maximum absolute atomic E-state index is 13.2. The lowest BCUT2D eigenvalue weighted by Gasteiger charge is -2.45. The van der Waals surface area contributed by atoms with Gasteiger partial charge in [0.05, 0.1) is 32.8 Å². The van der Waals surface area contributed by atoms with Gasteiger partial charge in [-0.05, 0) is 42.7 Å². The lowest BCUT2D eigenvalue weighted by molar-refractivity contribution is -0.249. The molecule has 5 atom stereocenters. The summed E-state index contributed by atoms with van der Waals surface area (Å²) in [6.45, 7) is 4.71. The maximum Gasteiger partial charge on any atom is 0.306 e. The lowest BCUT2D eigenvalue weighted by atomic mass is 9.98. The molecule has 1 saturated heterocycles. The predicted molar refractivity (Wildman–Crippen MR) is 182 cm³/mol. The van der Waals surface area contributed by atoms with Gasteiger partial charge in [0.2, 0.25) is 0 Å². The molecule has 0 spiro atoms. The van der Waals surface area contributed by atoms with E-state index in [4.69, 9.17) is 23.7 Å². The molecule has 5 rings (SSSR count). The molecule has 1 aliphatic heterocycles. The summed E-state index contributed by atoms with van der Waals surface area (Å²) in [5.74, 6) is -0.568. The Hall–Kier alpha value is -3.79. The number of ether oxygens (including phenoxy) is 5. The van der Waals surface area contributed by atoms with Crippen LogP contribution in [-0.4, -0.2) is 48.2 Å². The Bertz CT molecular complexity index is 1520. The Balaban J connectivity index is 1.47. The molecule has 0 amide bonds. The first kappa shape index (κ1) is 34.5. The van der Waals surface area contributed by atoms with E-state index in [1.807, 2.05) is 122 Å². The van der Waals surface area contributed by atoms with E-state index >= 15 is 0 Å². The van der Waals surface area contributed by atoms with E-state index in [-0.39, 0.29) is 31.8 Å². The molecule has 1 fully saturated rings. The topological polar surface area (TPSA) is 80.3 Å². The van der Waals surface area contributed by atoms with E-state index in [2.05, 4.69) is 0 Å². The summed E-state index contributed by atoms with van der Waals surface area (Å²) >= 11 is 1.47. The molecule has 0 aromatic heterocycles. The highest BCUT2D eigenvalue weighted by Gasteiger charge is 2.50. The number of benzene rings is 4. The first-order valence-electron chi connectivity index (χ1n) is 15.9. The minimum atomic E-state index is -0.837. The van der Waals surface area contributed by atoms with Crippen molar-refractivity contribution >= 4 is 23.5 Å². The van der Waals surface area contributed by atoms with Gasteiger partial charge in [-0.2, -0.15) is 0 Å². The largest absolute Gasteiger partial charge is 0.456 e. The zero-order valence-electron chi connectivity index (χ0n) is 26.9. The number of carbonyl (C=O) groups excluding carboxylic acids is 2. The fraction of sp³-hybridized carbons (Fsp3) is 0.333. The number of rotatable bonds is 16. The van der Waals surface area contributed by atoms with Crippen molar-refractivity contribution in [2.75, 3.05) is 6.61 Å².